The Labute approximate surface area is 165 Å². The van der Waals surface area contributed by atoms with Crippen LogP contribution in [0, 0.1) is 6.92 Å². The van der Waals surface area contributed by atoms with Gasteiger partial charge in [0, 0.05) is 30.6 Å². The molecule has 0 atom stereocenters. The number of carbonyl (C=O) groups excluding carboxylic acids is 1. The maximum atomic E-state index is 12.0. The number of thiazole rings is 1. The molecule has 0 radical (unpaired) electrons. The molecular formula is C21H27N3O2S. The van der Waals surface area contributed by atoms with E-state index in [1.54, 1.807) is 17.4 Å². The second kappa shape index (κ2) is 9.67. The fraction of sp³-hybridized carbons (Fsp3) is 0.429. The van der Waals surface area contributed by atoms with E-state index in [9.17, 15) is 4.79 Å². The molecule has 0 saturated heterocycles. The van der Waals surface area contributed by atoms with Gasteiger partial charge in [0.2, 0.25) is 5.91 Å². The zero-order valence-corrected chi connectivity index (χ0v) is 16.8. The lowest BCUT2D eigenvalue weighted by molar-refractivity contribution is -0.116. The highest BCUT2D eigenvalue weighted by molar-refractivity contribution is 7.09. The van der Waals surface area contributed by atoms with Gasteiger partial charge in [0.15, 0.2) is 0 Å². The minimum atomic E-state index is -0.0638. The topological polar surface area (TPSA) is 54.5 Å². The van der Waals surface area contributed by atoms with Gasteiger partial charge in [-0.2, -0.15) is 0 Å². The summed E-state index contributed by atoms with van der Waals surface area (Å²) in [7, 11) is 0. The number of hydrogen-bond acceptors (Lipinski definition) is 5. The SMILES string of the molecule is CCN(CCNC(=O)/C=C/c1cccc(OCc2csc(C)n2)c1)C1CC1. The molecule has 0 unspecified atom stereocenters. The number of hydrogen-bond donors (Lipinski definition) is 1. The summed E-state index contributed by atoms with van der Waals surface area (Å²) in [5.74, 6) is 0.706. The summed E-state index contributed by atoms with van der Waals surface area (Å²) in [6, 6.07) is 8.45. The third-order valence-corrected chi connectivity index (χ3v) is 5.33. The monoisotopic (exact) mass is 385 g/mol. The van der Waals surface area contributed by atoms with E-state index in [-0.39, 0.29) is 5.91 Å². The van der Waals surface area contributed by atoms with Crippen molar-refractivity contribution >= 4 is 23.3 Å². The van der Waals surface area contributed by atoms with Crippen LogP contribution in [-0.4, -0.2) is 41.5 Å². The van der Waals surface area contributed by atoms with E-state index in [0.717, 1.165) is 41.1 Å². The summed E-state index contributed by atoms with van der Waals surface area (Å²) >= 11 is 1.62. The summed E-state index contributed by atoms with van der Waals surface area (Å²) < 4.78 is 5.79. The fourth-order valence-electron chi connectivity index (χ4n) is 2.93. The number of carbonyl (C=O) groups is 1. The lowest BCUT2D eigenvalue weighted by Gasteiger charge is -2.19. The molecule has 0 aliphatic heterocycles. The van der Waals surface area contributed by atoms with E-state index in [4.69, 9.17) is 4.74 Å². The molecule has 1 amide bonds. The Balaban J connectivity index is 1.44. The van der Waals surface area contributed by atoms with Gasteiger partial charge < -0.3 is 10.1 Å². The third kappa shape index (κ3) is 6.48. The van der Waals surface area contributed by atoms with Crippen molar-refractivity contribution in [3.63, 3.8) is 0 Å². The van der Waals surface area contributed by atoms with Crippen LogP contribution < -0.4 is 10.1 Å². The van der Waals surface area contributed by atoms with Crippen molar-refractivity contribution in [1.29, 1.82) is 0 Å². The molecule has 1 aromatic carbocycles. The van der Waals surface area contributed by atoms with Crippen molar-refractivity contribution in [2.24, 2.45) is 0 Å². The highest BCUT2D eigenvalue weighted by Gasteiger charge is 2.27. The predicted molar refractivity (Wildman–Crippen MR) is 110 cm³/mol. The highest BCUT2D eigenvalue weighted by atomic mass is 32.1. The third-order valence-electron chi connectivity index (χ3n) is 4.51. The number of ether oxygens (including phenoxy) is 1. The standard InChI is InChI=1S/C21H27N3O2S/c1-3-24(19-8-9-19)12-11-22-21(25)10-7-17-5-4-6-20(13-17)26-14-18-15-27-16(2)23-18/h4-7,10,13,15,19H,3,8-9,11-12,14H2,1-2H3,(H,22,25)/b10-7+. The lowest BCUT2D eigenvalue weighted by atomic mass is 10.2. The van der Waals surface area contributed by atoms with Crippen molar-refractivity contribution in [2.75, 3.05) is 19.6 Å². The molecule has 1 N–H and O–H groups in total. The number of amides is 1. The Morgan fingerprint density at radius 2 is 2.30 bits per heavy atom. The Bertz CT molecular complexity index is 783. The molecule has 0 bridgehead atoms. The van der Waals surface area contributed by atoms with E-state index in [1.165, 1.54) is 12.8 Å². The number of benzene rings is 1. The first kappa shape index (κ1) is 19.6. The largest absolute Gasteiger partial charge is 0.487 e. The first-order chi connectivity index (χ1) is 13.1. The van der Waals surface area contributed by atoms with Crippen LogP contribution in [0.4, 0.5) is 0 Å². The molecule has 0 spiro atoms. The van der Waals surface area contributed by atoms with E-state index < -0.39 is 0 Å². The van der Waals surface area contributed by atoms with E-state index in [2.05, 4.69) is 22.1 Å². The van der Waals surface area contributed by atoms with Gasteiger partial charge >= 0.3 is 0 Å². The van der Waals surface area contributed by atoms with Crippen molar-refractivity contribution < 1.29 is 9.53 Å². The Morgan fingerprint density at radius 3 is 3.00 bits per heavy atom. The minimum absolute atomic E-state index is 0.0638. The average molecular weight is 386 g/mol. The number of likely N-dealkylation sites (N-methyl/N-ethyl adjacent to an activating group) is 1. The van der Waals surface area contributed by atoms with E-state index in [0.29, 0.717) is 13.2 Å². The first-order valence-corrected chi connectivity index (χ1v) is 10.4. The lowest BCUT2D eigenvalue weighted by Crippen LogP contribution is -2.35. The minimum Gasteiger partial charge on any atom is -0.487 e. The van der Waals surface area contributed by atoms with Gasteiger partial charge in [0.05, 0.1) is 10.7 Å². The molecule has 144 valence electrons. The maximum absolute atomic E-state index is 12.0. The summed E-state index contributed by atoms with van der Waals surface area (Å²) in [6.45, 7) is 7.25. The zero-order valence-electron chi connectivity index (χ0n) is 16.0. The maximum Gasteiger partial charge on any atom is 0.244 e. The molecule has 1 heterocycles. The summed E-state index contributed by atoms with van der Waals surface area (Å²) in [5.41, 5.74) is 1.87. The van der Waals surface area contributed by atoms with E-state index >= 15 is 0 Å². The molecule has 2 aromatic rings. The summed E-state index contributed by atoms with van der Waals surface area (Å²) in [5, 5.41) is 6.00. The summed E-state index contributed by atoms with van der Waals surface area (Å²) in [6.07, 6.45) is 5.98. The number of nitrogens with zero attached hydrogens (tertiary/aromatic N) is 2. The van der Waals surface area contributed by atoms with Gasteiger partial charge in [-0.3, -0.25) is 9.69 Å². The molecule has 6 heteroatoms. The van der Waals surface area contributed by atoms with Crippen LogP contribution >= 0.6 is 11.3 Å². The van der Waals surface area contributed by atoms with Gasteiger partial charge in [-0.25, -0.2) is 4.98 Å². The Morgan fingerprint density at radius 1 is 1.44 bits per heavy atom. The molecule has 5 nitrogen and oxygen atoms in total. The van der Waals surface area contributed by atoms with Crippen LogP contribution in [0.1, 0.15) is 36.0 Å². The normalized spacial score (nSPS) is 14.0. The van der Waals surface area contributed by atoms with Gasteiger partial charge in [-0.15, -0.1) is 11.3 Å². The number of nitrogens with one attached hydrogen (secondary N) is 1. The second-order valence-electron chi connectivity index (χ2n) is 6.70. The number of aryl methyl sites for hydroxylation is 1. The Hall–Kier alpha value is -2.18. The van der Waals surface area contributed by atoms with Crippen molar-refractivity contribution in [3.8, 4) is 5.75 Å². The summed E-state index contributed by atoms with van der Waals surface area (Å²) in [4.78, 5) is 18.8. The zero-order chi connectivity index (χ0) is 19.1. The molecule has 1 fully saturated rings. The van der Waals surface area contributed by atoms with Crippen LogP contribution in [0.25, 0.3) is 6.08 Å². The van der Waals surface area contributed by atoms with Crippen LogP contribution in [0.5, 0.6) is 5.75 Å². The smallest absolute Gasteiger partial charge is 0.244 e. The number of aromatic nitrogens is 1. The quantitative estimate of drug-likeness (QED) is 0.635. The van der Waals surface area contributed by atoms with Gasteiger partial charge in [0.25, 0.3) is 0 Å². The van der Waals surface area contributed by atoms with Crippen LogP contribution in [0.15, 0.2) is 35.7 Å². The molecule has 1 aliphatic rings. The van der Waals surface area contributed by atoms with Gasteiger partial charge in [-0.1, -0.05) is 19.1 Å². The average Bonchev–Trinajstić information content (AvgIpc) is 3.43. The van der Waals surface area contributed by atoms with Crippen LogP contribution in [0.3, 0.4) is 0 Å². The Kier molecular flexibility index (Phi) is 7.01. The predicted octanol–water partition coefficient (Wildman–Crippen LogP) is 3.64. The second-order valence-corrected chi connectivity index (χ2v) is 7.77. The van der Waals surface area contributed by atoms with Crippen molar-refractivity contribution in [1.82, 2.24) is 15.2 Å². The van der Waals surface area contributed by atoms with E-state index in [1.807, 2.05) is 42.6 Å². The highest BCUT2D eigenvalue weighted by Crippen LogP contribution is 2.25. The fourth-order valence-corrected chi connectivity index (χ4v) is 3.53. The van der Waals surface area contributed by atoms with Gasteiger partial charge in [0.1, 0.15) is 12.4 Å². The molecule has 1 aromatic heterocycles. The molecule has 3 rings (SSSR count). The van der Waals surface area contributed by atoms with Crippen LogP contribution in [-0.2, 0) is 11.4 Å². The first-order valence-electron chi connectivity index (χ1n) is 9.48. The molecular weight excluding hydrogens is 358 g/mol. The van der Waals surface area contributed by atoms with Crippen molar-refractivity contribution in [3.05, 3.63) is 52.0 Å². The van der Waals surface area contributed by atoms with Gasteiger partial charge in [-0.05, 0) is 50.1 Å². The molecule has 27 heavy (non-hydrogen) atoms. The van der Waals surface area contributed by atoms with Crippen LogP contribution in [0.2, 0.25) is 0 Å². The molecule has 1 aliphatic carbocycles. The van der Waals surface area contributed by atoms with Crippen molar-refractivity contribution in [2.45, 2.75) is 39.3 Å². The molecule has 1 saturated carbocycles. The number of rotatable bonds is 10.